The van der Waals surface area contributed by atoms with Gasteiger partial charge < -0.3 is 9.47 Å². The van der Waals surface area contributed by atoms with Gasteiger partial charge in [0.2, 0.25) is 0 Å². The van der Waals surface area contributed by atoms with E-state index < -0.39 is 17.7 Å². The number of halogens is 4. The number of carbonyl (C=O) groups is 1. The van der Waals surface area contributed by atoms with Crippen LogP contribution in [0.1, 0.15) is 18.1 Å². The molecule has 6 nitrogen and oxygen atoms in total. The summed E-state index contributed by atoms with van der Waals surface area (Å²) >= 11 is 3.32. The van der Waals surface area contributed by atoms with Gasteiger partial charge in [-0.1, -0.05) is 15.9 Å². The second-order valence-corrected chi connectivity index (χ2v) is 5.99. The Morgan fingerprint density at radius 3 is 2.74 bits per heavy atom. The van der Waals surface area contributed by atoms with Crippen molar-refractivity contribution >= 4 is 33.9 Å². The molecule has 1 aromatic heterocycles. The number of hydrogen-bond acceptors (Lipinski definition) is 6. The molecule has 0 saturated carbocycles. The van der Waals surface area contributed by atoms with Crippen LogP contribution in [0.15, 0.2) is 46.1 Å². The number of ether oxygens (including phenoxy) is 2. The lowest BCUT2D eigenvalue weighted by Crippen LogP contribution is -2.15. The maximum Gasteiger partial charge on any atom is 0.417 e. The van der Waals surface area contributed by atoms with Crippen LogP contribution in [0.25, 0.3) is 0 Å². The zero-order chi connectivity index (χ0) is 19.9. The first-order chi connectivity index (χ1) is 12.8. The Morgan fingerprint density at radius 1 is 1.33 bits per heavy atom. The number of pyridine rings is 1. The molecule has 0 aliphatic heterocycles. The largest absolute Gasteiger partial charge is 0.481 e. The summed E-state index contributed by atoms with van der Waals surface area (Å²) in [6.45, 7) is 1.68. The van der Waals surface area contributed by atoms with Crippen molar-refractivity contribution in [3.63, 3.8) is 0 Å². The molecule has 1 heterocycles. The Labute approximate surface area is 161 Å². The average molecular weight is 446 g/mol. The summed E-state index contributed by atoms with van der Waals surface area (Å²) in [6, 6.07) is 7.13. The number of nitrogens with one attached hydrogen (secondary N) is 1. The van der Waals surface area contributed by atoms with Crippen LogP contribution < -0.4 is 10.2 Å². The van der Waals surface area contributed by atoms with Gasteiger partial charge in [0.1, 0.15) is 11.6 Å². The maximum absolute atomic E-state index is 12.5. The minimum absolute atomic E-state index is 0.142. The highest BCUT2D eigenvalue weighted by molar-refractivity contribution is 9.10. The highest BCUT2D eigenvalue weighted by Gasteiger charge is 2.30. The third-order valence-electron chi connectivity index (χ3n) is 3.10. The van der Waals surface area contributed by atoms with Crippen LogP contribution in [-0.2, 0) is 15.7 Å². The van der Waals surface area contributed by atoms with E-state index in [2.05, 4.69) is 31.4 Å². The van der Waals surface area contributed by atoms with E-state index in [4.69, 9.17) is 9.47 Å². The lowest BCUT2D eigenvalue weighted by Gasteiger charge is -2.09. The monoisotopic (exact) mass is 445 g/mol. The third-order valence-corrected chi connectivity index (χ3v) is 3.59. The molecule has 1 aromatic carbocycles. The highest BCUT2D eigenvalue weighted by Crippen LogP contribution is 2.28. The average Bonchev–Trinajstić information content (AvgIpc) is 2.61. The van der Waals surface area contributed by atoms with Gasteiger partial charge in [-0.25, -0.2) is 9.78 Å². The predicted molar refractivity (Wildman–Crippen MR) is 96.7 cm³/mol. The number of nitrogens with zero attached hydrogens (tertiary/aromatic N) is 2. The molecule has 2 aromatic rings. The van der Waals surface area contributed by atoms with Crippen molar-refractivity contribution in [1.82, 2.24) is 4.98 Å². The first kappa shape index (κ1) is 20.7. The molecule has 27 heavy (non-hydrogen) atoms. The molecule has 0 saturated heterocycles. The molecule has 0 aliphatic carbocycles. The normalized spacial score (nSPS) is 11.4. The van der Waals surface area contributed by atoms with Crippen molar-refractivity contribution in [2.75, 3.05) is 18.6 Å². The predicted octanol–water partition coefficient (Wildman–Crippen LogP) is 4.25. The summed E-state index contributed by atoms with van der Waals surface area (Å²) in [6.07, 6.45) is -2.34. The molecule has 0 atom stereocenters. The Balaban J connectivity index is 2.05. The molecule has 0 bridgehead atoms. The van der Waals surface area contributed by atoms with Gasteiger partial charge in [0.25, 0.3) is 0 Å². The quantitative estimate of drug-likeness (QED) is 0.391. The molecule has 0 radical (unpaired) electrons. The fourth-order valence-electron chi connectivity index (χ4n) is 1.89. The van der Waals surface area contributed by atoms with Crippen LogP contribution in [0.4, 0.5) is 19.0 Å². The molecule has 0 amide bonds. The molecule has 2 rings (SSSR count). The van der Waals surface area contributed by atoms with E-state index in [1.807, 2.05) is 0 Å². The van der Waals surface area contributed by atoms with Gasteiger partial charge in [-0.3, -0.25) is 5.43 Å². The summed E-state index contributed by atoms with van der Waals surface area (Å²) in [5.41, 5.74) is 2.22. The third kappa shape index (κ3) is 6.55. The van der Waals surface area contributed by atoms with Gasteiger partial charge in [0, 0.05) is 16.2 Å². The standard InChI is InChI=1S/C17H15BrF3N3O3/c1-2-26-16(25)10-27-14-5-4-13(18)7-11(14)8-23-24-15-6-3-12(9-22-15)17(19,20)21/h3-9H,2,10H2,1H3,(H,22,24)/b23-8-. The molecule has 1 N–H and O–H groups in total. The van der Waals surface area contributed by atoms with E-state index in [1.54, 1.807) is 25.1 Å². The SMILES string of the molecule is CCOC(=O)COc1ccc(Br)cc1/C=N\Nc1ccc(C(F)(F)F)cn1. The van der Waals surface area contributed by atoms with E-state index in [9.17, 15) is 18.0 Å². The molecule has 0 aliphatic rings. The van der Waals surface area contributed by atoms with Crippen molar-refractivity contribution in [2.45, 2.75) is 13.1 Å². The first-order valence-electron chi connectivity index (χ1n) is 7.70. The van der Waals surface area contributed by atoms with Gasteiger partial charge in [0.15, 0.2) is 6.61 Å². The number of esters is 1. The molecule has 10 heteroatoms. The van der Waals surface area contributed by atoms with Crippen LogP contribution in [0.2, 0.25) is 0 Å². The van der Waals surface area contributed by atoms with E-state index in [-0.39, 0.29) is 19.0 Å². The van der Waals surface area contributed by atoms with Crippen LogP contribution in [0, 0.1) is 0 Å². The van der Waals surface area contributed by atoms with Crippen molar-refractivity contribution in [2.24, 2.45) is 5.10 Å². The Hall–Kier alpha value is -2.62. The second kappa shape index (κ2) is 9.36. The summed E-state index contributed by atoms with van der Waals surface area (Å²) in [7, 11) is 0. The second-order valence-electron chi connectivity index (χ2n) is 5.08. The van der Waals surface area contributed by atoms with Crippen LogP contribution in [0.5, 0.6) is 5.75 Å². The van der Waals surface area contributed by atoms with E-state index in [1.165, 1.54) is 12.3 Å². The number of carbonyl (C=O) groups excluding carboxylic acids is 1. The molecule has 0 fully saturated rings. The van der Waals surface area contributed by atoms with E-state index in [0.29, 0.717) is 17.5 Å². The number of aromatic nitrogens is 1. The molecular weight excluding hydrogens is 431 g/mol. The summed E-state index contributed by atoms with van der Waals surface area (Å²) < 4.78 is 48.5. The number of hydrogen-bond donors (Lipinski definition) is 1. The Morgan fingerprint density at radius 2 is 2.11 bits per heavy atom. The molecule has 144 valence electrons. The van der Waals surface area contributed by atoms with Gasteiger partial charge in [0.05, 0.1) is 18.4 Å². The zero-order valence-electron chi connectivity index (χ0n) is 14.1. The van der Waals surface area contributed by atoms with Gasteiger partial charge >= 0.3 is 12.1 Å². The summed E-state index contributed by atoms with van der Waals surface area (Å²) in [4.78, 5) is 15.1. The Bertz CT molecular complexity index is 811. The van der Waals surface area contributed by atoms with Crippen LogP contribution in [-0.4, -0.2) is 30.4 Å². The van der Waals surface area contributed by atoms with Crippen molar-refractivity contribution in [3.8, 4) is 5.75 Å². The number of rotatable bonds is 7. The number of benzene rings is 1. The van der Waals surface area contributed by atoms with Gasteiger partial charge in [-0.05, 0) is 37.3 Å². The smallest absolute Gasteiger partial charge is 0.417 e. The van der Waals surface area contributed by atoms with Gasteiger partial charge in [-0.15, -0.1) is 0 Å². The number of anilines is 1. The Kier molecular flexibility index (Phi) is 7.17. The van der Waals surface area contributed by atoms with Crippen molar-refractivity contribution in [3.05, 3.63) is 52.1 Å². The summed E-state index contributed by atoms with van der Waals surface area (Å²) in [5, 5.41) is 3.93. The van der Waals surface area contributed by atoms with Crippen LogP contribution in [0.3, 0.4) is 0 Å². The fraction of sp³-hybridized carbons (Fsp3) is 0.235. The number of alkyl halides is 3. The maximum atomic E-state index is 12.5. The lowest BCUT2D eigenvalue weighted by atomic mass is 10.2. The van der Waals surface area contributed by atoms with Gasteiger partial charge in [-0.2, -0.15) is 18.3 Å². The molecule has 0 unspecified atom stereocenters. The van der Waals surface area contributed by atoms with Crippen molar-refractivity contribution in [1.29, 1.82) is 0 Å². The first-order valence-corrected chi connectivity index (χ1v) is 8.49. The van der Waals surface area contributed by atoms with E-state index in [0.717, 1.165) is 10.5 Å². The lowest BCUT2D eigenvalue weighted by molar-refractivity contribution is -0.145. The topological polar surface area (TPSA) is 72.8 Å². The zero-order valence-corrected chi connectivity index (χ0v) is 15.7. The highest BCUT2D eigenvalue weighted by atomic mass is 79.9. The molecule has 0 spiro atoms. The summed E-state index contributed by atoms with van der Waals surface area (Å²) in [5.74, 6) is 0.0239. The minimum Gasteiger partial charge on any atom is -0.481 e. The van der Waals surface area contributed by atoms with Crippen molar-refractivity contribution < 1.29 is 27.4 Å². The minimum atomic E-state index is -4.45. The van der Waals surface area contributed by atoms with E-state index >= 15 is 0 Å². The number of hydrazone groups is 1. The molecular formula is C17H15BrF3N3O3. The fourth-order valence-corrected chi connectivity index (χ4v) is 2.27. The van der Waals surface area contributed by atoms with Crippen LogP contribution >= 0.6 is 15.9 Å².